The quantitative estimate of drug-likeness (QED) is 0.431. The molecule has 0 radical (unpaired) electrons. The maximum atomic E-state index is 8.74. The van der Waals surface area contributed by atoms with Crippen molar-refractivity contribution in [1.82, 2.24) is 0 Å². The molecule has 0 bridgehead atoms. The molecule has 0 unspecified atom stereocenters. The van der Waals surface area contributed by atoms with E-state index in [0.29, 0.717) is 6.61 Å². The van der Waals surface area contributed by atoms with Crippen LogP contribution in [0.15, 0.2) is 0 Å². The minimum atomic E-state index is 0. The van der Waals surface area contributed by atoms with E-state index in [2.05, 4.69) is 21.0 Å². The number of quaternary nitrogens is 1. The Morgan fingerprint density at radius 3 is 2.08 bits per heavy atom. The monoisotopic (exact) mass is 239 g/mol. The average molecular weight is 240 g/mol. The Hall–Kier alpha value is 0.400. The molecule has 2 nitrogen and oxygen atoms in total. The molecule has 0 fully saturated rings. The fourth-order valence-corrected chi connectivity index (χ4v) is 1.17. The Bertz CT molecular complexity index is 96.5. The van der Waals surface area contributed by atoms with Gasteiger partial charge >= 0.3 is 0 Å². The highest BCUT2D eigenvalue weighted by atomic mass is 79.9. The van der Waals surface area contributed by atoms with Crippen molar-refractivity contribution in [2.75, 3.05) is 33.8 Å². The molecule has 0 aliphatic rings. The number of nitrogens with zero attached hydrogens (tertiary/aromatic N) is 1. The summed E-state index contributed by atoms with van der Waals surface area (Å²) in [6, 6.07) is 0. The summed E-state index contributed by atoms with van der Waals surface area (Å²) in [5.74, 6) is 0. The summed E-state index contributed by atoms with van der Waals surface area (Å²) in [4.78, 5) is 0. The van der Waals surface area contributed by atoms with Gasteiger partial charge in [0.25, 0.3) is 0 Å². The Labute approximate surface area is 86.9 Å². The van der Waals surface area contributed by atoms with E-state index in [9.17, 15) is 0 Å². The third kappa shape index (κ3) is 8.50. The Kier molecular flexibility index (Phi) is 9.96. The minimum Gasteiger partial charge on any atom is -1.00 e. The van der Waals surface area contributed by atoms with E-state index >= 15 is 0 Å². The van der Waals surface area contributed by atoms with Crippen molar-refractivity contribution in [3.05, 3.63) is 0 Å². The Balaban J connectivity index is 0. The highest BCUT2D eigenvalue weighted by molar-refractivity contribution is 4.37. The maximum absolute atomic E-state index is 8.74. The van der Waals surface area contributed by atoms with E-state index in [1.165, 1.54) is 25.8 Å². The van der Waals surface area contributed by atoms with Crippen molar-refractivity contribution >= 4 is 0 Å². The number of likely N-dealkylation sites (N-methyl/N-ethyl adjacent to an activating group) is 1. The van der Waals surface area contributed by atoms with E-state index in [0.717, 1.165) is 11.0 Å². The number of hydrogen-bond donors (Lipinski definition) is 1. The lowest BCUT2D eigenvalue weighted by Gasteiger charge is -2.28. The van der Waals surface area contributed by atoms with Crippen LogP contribution in [0.25, 0.3) is 0 Å². The number of rotatable bonds is 6. The van der Waals surface area contributed by atoms with Gasteiger partial charge in [-0.2, -0.15) is 0 Å². The molecule has 76 valence electrons. The van der Waals surface area contributed by atoms with Gasteiger partial charge in [0, 0.05) is 0 Å². The second kappa shape index (κ2) is 8.02. The topological polar surface area (TPSA) is 20.2 Å². The van der Waals surface area contributed by atoms with Crippen LogP contribution in [0.5, 0.6) is 0 Å². The summed E-state index contributed by atoms with van der Waals surface area (Å²) in [6.45, 7) is 4.59. The maximum Gasteiger partial charge on any atom is 0.102 e. The molecule has 0 aromatic rings. The van der Waals surface area contributed by atoms with E-state index in [4.69, 9.17) is 5.11 Å². The number of unbranched alkanes of at least 4 members (excludes halogenated alkanes) is 2. The SMILES string of the molecule is CCCCC[N+](C)(C)CCO.[Br-]. The summed E-state index contributed by atoms with van der Waals surface area (Å²) in [5, 5.41) is 8.74. The van der Waals surface area contributed by atoms with Crippen LogP contribution in [0, 0.1) is 0 Å². The van der Waals surface area contributed by atoms with Crippen LogP contribution in [-0.4, -0.2) is 43.4 Å². The van der Waals surface area contributed by atoms with E-state index < -0.39 is 0 Å². The number of halogens is 1. The molecule has 0 saturated heterocycles. The molecule has 3 heteroatoms. The van der Waals surface area contributed by atoms with Crippen molar-refractivity contribution in [3.63, 3.8) is 0 Å². The molecule has 0 heterocycles. The number of aliphatic hydroxyl groups excluding tert-OH is 1. The predicted molar refractivity (Wildman–Crippen MR) is 48.5 cm³/mol. The Morgan fingerprint density at radius 1 is 1.08 bits per heavy atom. The summed E-state index contributed by atoms with van der Waals surface area (Å²) < 4.78 is 0.955. The summed E-state index contributed by atoms with van der Waals surface area (Å²) >= 11 is 0. The van der Waals surface area contributed by atoms with E-state index in [-0.39, 0.29) is 17.0 Å². The largest absolute Gasteiger partial charge is 1.00 e. The van der Waals surface area contributed by atoms with Crippen molar-refractivity contribution in [2.24, 2.45) is 0 Å². The lowest BCUT2D eigenvalue weighted by atomic mass is 10.2. The van der Waals surface area contributed by atoms with Crippen LogP contribution in [0.3, 0.4) is 0 Å². The lowest BCUT2D eigenvalue weighted by Crippen LogP contribution is -3.00. The van der Waals surface area contributed by atoms with Crippen LogP contribution in [-0.2, 0) is 0 Å². The zero-order chi connectivity index (χ0) is 8.74. The van der Waals surface area contributed by atoms with Crippen LogP contribution >= 0.6 is 0 Å². The normalized spacial score (nSPS) is 11.0. The molecule has 0 aliphatic carbocycles. The molecule has 1 N–H and O–H groups in total. The predicted octanol–water partition coefficient (Wildman–Crippen LogP) is -1.75. The first-order valence-electron chi connectivity index (χ1n) is 4.55. The van der Waals surface area contributed by atoms with Gasteiger partial charge in [0.1, 0.15) is 6.54 Å². The minimum absolute atomic E-state index is 0. The molecule has 0 atom stereocenters. The van der Waals surface area contributed by atoms with Gasteiger partial charge in [0.05, 0.1) is 27.2 Å². The van der Waals surface area contributed by atoms with Gasteiger partial charge < -0.3 is 26.6 Å². The van der Waals surface area contributed by atoms with Crippen LogP contribution in [0.4, 0.5) is 0 Å². The van der Waals surface area contributed by atoms with E-state index in [1.807, 2.05) is 0 Å². The molecule has 0 aromatic carbocycles. The summed E-state index contributed by atoms with van der Waals surface area (Å²) in [6.07, 6.45) is 3.87. The smallest absolute Gasteiger partial charge is 0.102 e. The molecule has 12 heavy (non-hydrogen) atoms. The van der Waals surface area contributed by atoms with Gasteiger partial charge in [-0.3, -0.25) is 0 Å². The third-order valence-electron chi connectivity index (χ3n) is 2.07. The summed E-state index contributed by atoms with van der Waals surface area (Å²) in [5.41, 5.74) is 0. The zero-order valence-corrected chi connectivity index (χ0v) is 10.1. The molecule has 0 aromatic heterocycles. The fourth-order valence-electron chi connectivity index (χ4n) is 1.17. The molecule has 0 amide bonds. The van der Waals surface area contributed by atoms with Gasteiger partial charge in [0.2, 0.25) is 0 Å². The second-order valence-electron chi connectivity index (χ2n) is 3.81. The second-order valence-corrected chi connectivity index (χ2v) is 3.81. The molecule has 0 rings (SSSR count). The molecule has 0 aliphatic heterocycles. The first-order valence-corrected chi connectivity index (χ1v) is 4.55. The zero-order valence-electron chi connectivity index (χ0n) is 8.52. The fraction of sp³-hybridized carbons (Fsp3) is 1.00. The first-order chi connectivity index (χ1) is 5.12. The van der Waals surface area contributed by atoms with Crippen LogP contribution in [0.1, 0.15) is 26.2 Å². The van der Waals surface area contributed by atoms with E-state index in [1.54, 1.807) is 0 Å². The average Bonchev–Trinajstić information content (AvgIpc) is 1.87. The van der Waals surface area contributed by atoms with Crippen LogP contribution in [0.2, 0.25) is 0 Å². The van der Waals surface area contributed by atoms with Gasteiger partial charge in [-0.1, -0.05) is 13.3 Å². The molecule has 0 spiro atoms. The highest BCUT2D eigenvalue weighted by Crippen LogP contribution is 2.02. The van der Waals surface area contributed by atoms with Crippen molar-refractivity contribution in [2.45, 2.75) is 26.2 Å². The molecule has 0 saturated carbocycles. The molecular weight excluding hydrogens is 218 g/mol. The van der Waals surface area contributed by atoms with Gasteiger partial charge in [0.15, 0.2) is 0 Å². The first kappa shape index (κ1) is 14.9. The van der Waals surface area contributed by atoms with Crippen LogP contribution < -0.4 is 17.0 Å². The Morgan fingerprint density at radius 2 is 1.67 bits per heavy atom. The standard InChI is InChI=1S/C9H22NO.BrH/c1-4-5-6-7-10(2,3)8-9-11;/h11H,4-9H2,1-3H3;1H/q+1;/p-1. The van der Waals surface area contributed by atoms with Crippen molar-refractivity contribution in [1.29, 1.82) is 0 Å². The lowest BCUT2D eigenvalue weighted by molar-refractivity contribution is -0.890. The molecular formula is C9H22BrNO. The van der Waals surface area contributed by atoms with Crippen molar-refractivity contribution < 1.29 is 26.6 Å². The number of hydrogen-bond acceptors (Lipinski definition) is 1. The van der Waals surface area contributed by atoms with Gasteiger partial charge in [-0.25, -0.2) is 0 Å². The highest BCUT2D eigenvalue weighted by Gasteiger charge is 2.12. The number of aliphatic hydroxyl groups is 1. The summed E-state index contributed by atoms with van der Waals surface area (Å²) in [7, 11) is 4.34. The van der Waals surface area contributed by atoms with Gasteiger partial charge in [-0.05, 0) is 12.8 Å². The third-order valence-corrected chi connectivity index (χ3v) is 2.07. The van der Waals surface area contributed by atoms with Gasteiger partial charge in [-0.15, -0.1) is 0 Å². The van der Waals surface area contributed by atoms with Crippen molar-refractivity contribution in [3.8, 4) is 0 Å².